The Labute approximate surface area is 126 Å². The van der Waals surface area contributed by atoms with E-state index >= 15 is 0 Å². The van der Waals surface area contributed by atoms with E-state index in [0.29, 0.717) is 12.1 Å². The topological polar surface area (TPSA) is 41.6 Å². The van der Waals surface area contributed by atoms with Crippen LogP contribution in [0, 0.1) is 13.8 Å². The Morgan fingerprint density at radius 1 is 1.29 bits per heavy atom. The van der Waals surface area contributed by atoms with Gasteiger partial charge in [-0.3, -0.25) is 4.79 Å². The minimum absolute atomic E-state index is 0.131. The van der Waals surface area contributed by atoms with Crippen molar-refractivity contribution in [1.82, 2.24) is 10.2 Å². The first-order chi connectivity index (χ1) is 10.1. The Bertz CT molecular complexity index is 516. The van der Waals surface area contributed by atoms with Crippen LogP contribution in [0.1, 0.15) is 30.4 Å². The van der Waals surface area contributed by atoms with E-state index in [1.54, 1.807) is 0 Å². The summed E-state index contributed by atoms with van der Waals surface area (Å²) in [6, 6.07) is 6.82. The van der Waals surface area contributed by atoms with Gasteiger partial charge in [0.2, 0.25) is 0 Å². The Morgan fingerprint density at radius 3 is 2.90 bits per heavy atom. The molecule has 2 aliphatic rings. The highest BCUT2D eigenvalue weighted by Crippen LogP contribution is 2.28. The van der Waals surface area contributed by atoms with Crippen molar-refractivity contribution in [1.29, 1.82) is 0 Å². The number of carbonyl (C=O) groups excluding carboxylic acids is 1. The summed E-state index contributed by atoms with van der Waals surface area (Å²) < 4.78 is 5.76. The summed E-state index contributed by atoms with van der Waals surface area (Å²) in [6.45, 7) is 6.17. The van der Waals surface area contributed by atoms with Crippen molar-refractivity contribution in [2.75, 3.05) is 19.7 Å². The van der Waals surface area contributed by atoms with Crippen LogP contribution < -0.4 is 10.1 Å². The van der Waals surface area contributed by atoms with Gasteiger partial charge in [-0.15, -0.1) is 0 Å². The van der Waals surface area contributed by atoms with E-state index in [1.165, 1.54) is 5.56 Å². The van der Waals surface area contributed by atoms with Crippen LogP contribution in [0.2, 0.25) is 0 Å². The molecule has 2 unspecified atom stereocenters. The van der Waals surface area contributed by atoms with Gasteiger partial charge in [-0.05, 0) is 51.3 Å². The fraction of sp³-hybridized carbons (Fsp3) is 0.588. The number of aryl methyl sites for hydroxylation is 2. The van der Waals surface area contributed by atoms with E-state index in [-0.39, 0.29) is 12.5 Å². The van der Waals surface area contributed by atoms with E-state index in [9.17, 15) is 4.79 Å². The van der Waals surface area contributed by atoms with Gasteiger partial charge in [0.05, 0.1) is 0 Å². The van der Waals surface area contributed by atoms with Crippen LogP contribution in [0.4, 0.5) is 0 Å². The van der Waals surface area contributed by atoms with E-state index in [2.05, 4.69) is 23.2 Å². The first kappa shape index (κ1) is 14.4. The fourth-order valence-electron chi connectivity index (χ4n) is 3.56. The molecule has 0 aromatic heterocycles. The number of benzene rings is 1. The van der Waals surface area contributed by atoms with E-state index in [0.717, 1.165) is 43.7 Å². The number of carbonyl (C=O) groups is 1. The molecule has 0 saturated carbocycles. The summed E-state index contributed by atoms with van der Waals surface area (Å²) in [5.41, 5.74) is 2.30. The lowest BCUT2D eigenvalue weighted by Crippen LogP contribution is -2.44. The zero-order valence-corrected chi connectivity index (χ0v) is 12.9. The molecule has 2 bridgehead atoms. The Hall–Kier alpha value is -1.55. The molecule has 21 heavy (non-hydrogen) atoms. The predicted octanol–water partition coefficient (Wildman–Crippen LogP) is 2.04. The zero-order chi connectivity index (χ0) is 14.8. The van der Waals surface area contributed by atoms with E-state index < -0.39 is 0 Å². The highest BCUT2D eigenvalue weighted by molar-refractivity contribution is 5.79. The zero-order valence-electron chi connectivity index (χ0n) is 12.9. The molecule has 3 rings (SSSR count). The number of amides is 1. The standard InChI is InChI=1S/C17H24N2O2/c1-12-3-6-16(13(2)9-12)21-11-17(20)19-14-4-5-15(19)10-18-8-7-14/h3,6,9,14-15,18H,4-5,7-8,10-11H2,1-2H3. The number of nitrogens with one attached hydrogen (secondary N) is 1. The van der Waals surface area contributed by atoms with Crippen LogP contribution in [-0.4, -0.2) is 42.6 Å². The molecule has 0 spiro atoms. The summed E-state index contributed by atoms with van der Waals surface area (Å²) in [4.78, 5) is 14.6. The SMILES string of the molecule is Cc1ccc(OCC(=O)N2C3CCNCC2CC3)c(C)c1. The summed E-state index contributed by atoms with van der Waals surface area (Å²) in [5, 5.41) is 3.42. The molecule has 2 heterocycles. The Kier molecular flexibility index (Phi) is 4.15. The molecule has 2 aliphatic heterocycles. The van der Waals surface area contributed by atoms with Crippen LogP contribution in [0.5, 0.6) is 5.75 Å². The molecule has 1 amide bonds. The monoisotopic (exact) mass is 288 g/mol. The van der Waals surface area contributed by atoms with Gasteiger partial charge in [0, 0.05) is 18.6 Å². The molecular formula is C17H24N2O2. The number of hydrogen-bond acceptors (Lipinski definition) is 3. The highest BCUT2D eigenvalue weighted by atomic mass is 16.5. The average Bonchev–Trinajstić information content (AvgIpc) is 2.71. The van der Waals surface area contributed by atoms with Gasteiger partial charge in [0.25, 0.3) is 5.91 Å². The van der Waals surface area contributed by atoms with Gasteiger partial charge in [-0.2, -0.15) is 0 Å². The average molecular weight is 288 g/mol. The lowest BCUT2D eigenvalue weighted by atomic mass is 10.1. The van der Waals surface area contributed by atoms with Crippen LogP contribution in [0.25, 0.3) is 0 Å². The second kappa shape index (κ2) is 6.06. The quantitative estimate of drug-likeness (QED) is 0.925. The van der Waals surface area contributed by atoms with Crippen molar-refractivity contribution >= 4 is 5.91 Å². The van der Waals surface area contributed by atoms with Crippen molar-refractivity contribution < 1.29 is 9.53 Å². The molecule has 4 heteroatoms. The molecule has 2 fully saturated rings. The first-order valence-electron chi connectivity index (χ1n) is 7.87. The van der Waals surface area contributed by atoms with Crippen molar-refractivity contribution in [3.05, 3.63) is 29.3 Å². The molecule has 0 aliphatic carbocycles. The molecule has 1 aromatic rings. The van der Waals surface area contributed by atoms with Crippen molar-refractivity contribution in [3.63, 3.8) is 0 Å². The maximum Gasteiger partial charge on any atom is 0.261 e. The third-order valence-corrected chi connectivity index (χ3v) is 4.62. The van der Waals surface area contributed by atoms with Crippen LogP contribution in [0.15, 0.2) is 18.2 Å². The lowest BCUT2D eigenvalue weighted by molar-refractivity contribution is -0.136. The number of rotatable bonds is 3. The van der Waals surface area contributed by atoms with Gasteiger partial charge in [-0.1, -0.05) is 17.7 Å². The normalized spacial score (nSPS) is 24.8. The summed E-state index contributed by atoms with van der Waals surface area (Å²) >= 11 is 0. The smallest absolute Gasteiger partial charge is 0.261 e. The third-order valence-electron chi connectivity index (χ3n) is 4.62. The minimum atomic E-state index is 0.131. The van der Waals surface area contributed by atoms with Crippen LogP contribution >= 0.6 is 0 Å². The van der Waals surface area contributed by atoms with Gasteiger partial charge in [0.1, 0.15) is 5.75 Å². The fourth-order valence-corrected chi connectivity index (χ4v) is 3.56. The predicted molar refractivity (Wildman–Crippen MR) is 82.6 cm³/mol. The second-order valence-corrected chi connectivity index (χ2v) is 6.24. The molecule has 2 saturated heterocycles. The molecule has 1 aromatic carbocycles. The van der Waals surface area contributed by atoms with E-state index in [1.807, 2.05) is 19.1 Å². The summed E-state index contributed by atoms with van der Waals surface area (Å²) in [6.07, 6.45) is 3.32. The molecular weight excluding hydrogens is 264 g/mol. The third kappa shape index (κ3) is 3.05. The molecule has 2 atom stereocenters. The summed E-state index contributed by atoms with van der Waals surface area (Å²) in [7, 11) is 0. The Morgan fingerprint density at radius 2 is 2.10 bits per heavy atom. The van der Waals surface area contributed by atoms with Gasteiger partial charge in [0.15, 0.2) is 6.61 Å². The maximum absolute atomic E-state index is 12.5. The van der Waals surface area contributed by atoms with Crippen LogP contribution in [0.3, 0.4) is 0 Å². The Balaban J connectivity index is 1.63. The molecule has 0 radical (unpaired) electrons. The van der Waals surface area contributed by atoms with E-state index in [4.69, 9.17) is 4.74 Å². The lowest BCUT2D eigenvalue weighted by Gasteiger charge is -2.28. The molecule has 1 N–H and O–H groups in total. The number of ether oxygens (including phenoxy) is 1. The molecule has 4 nitrogen and oxygen atoms in total. The van der Waals surface area contributed by atoms with Gasteiger partial charge < -0.3 is 15.0 Å². The summed E-state index contributed by atoms with van der Waals surface area (Å²) in [5.74, 6) is 0.945. The molecule has 114 valence electrons. The largest absolute Gasteiger partial charge is 0.483 e. The number of fused-ring (bicyclic) bond motifs is 2. The number of nitrogens with zero attached hydrogens (tertiary/aromatic N) is 1. The number of hydrogen-bond donors (Lipinski definition) is 1. The second-order valence-electron chi connectivity index (χ2n) is 6.24. The highest BCUT2D eigenvalue weighted by Gasteiger charge is 2.37. The van der Waals surface area contributed by atoms with Crippen molar-refractivity contribution in [2.24, 2.45) is 0 Å². The van der Waals surface area contributed by atoms with Gasteiger partial charge in [-0.25, -0.2) is 0 Å². The van der Waals surface area contributed by atoms with Gasteiger partial charge >= 0.3 is 0 Å². The maximum atomic E-state index is 12.5. The minimum Gasteiger partial charge on any atom is -0.483 e. The van der Waals surface area contributed by atoms with Crippen molar-refractivity contribution in [3.8, 4) is 5.75 Å². The van der Waals surface area contributed by atoms with Crippen LogP contribution in [-0.2, 0) is 4.79 Å². The van der Waals surface area contributed by atoms with Crippen molar-refractivity contribution in [2.45, 2.75) is 45.2 Å². The first-order valence-corrected chi connectivity index (χ1v) is 7.87.